The summed E-state index contributed by atoms with van der Waals surface area (Å²) < 4.78 is 20.7. The second kappa shape index (κ2) is 12.0. The third-order valence-corrected chi connectivity index (χ3v) is 12.6. The van der Waals surface area contributed by atoms with Crippen LogP contribution in [0.4, 0.5) is 0 Å². The first kappa shape index (κ1) is 29.7. The van der Waals surface area contributed by atoms with Gasteiger partial charge in [-0.05, 0) is 105 Å². The van der Waals surface area contributed by atoms with Crippen molar-refractivity contribution in [3.63, 3.8) is 0 Å². The number of ketones is 1. The van der Waals surface area contributed by atoms with E-state index in [1.807, 2.05) is 42.5 Å². The lowest BCUT2D eigenvalue weighted by Crippen LogP contribution is -2.48. The lowest BCUT2D eigenvalue weighted by Gasteiger charge is -2.39. The van der Waals surface area contributed by atoms with Crippen molar-refractivity contribution in [1.82, 2.24) is 5.32 Å². The minimum atomic E-state index is -0.773. The van der Waals surface area contributed by atoms with Gasteiger partial charge in [-0.25, -0.2) is 0 Å². The van der Waals surface area contributed by atoms with Crippen molar-refractivity contribution in [2.75, 3.05) is 13.1 Å². The number of fused-ring (bicyclic) bond motifs is 1. The topological polar surface area (TPSA) is 108 Å². The molecule has 4 aliphatic rings. The van der Waals surface area contributed by atoms with E-state index in [0.717, 1.165) is 16.3 Å². The smallest absolute Gasteiger partial charge is 0.311 e. The zero-order chi connectivity index (χ0) is 28.9. The number of nitrogens with one attached hydrogen (secondary N) is 1. The highest BCUT2D eigenvalue weighted by Crippen LogP contribution is 2.59. The zero-order valence-corrected chi connectivity index (χ0v) is 28.4. The molecule has 0 radical (unpaired) electrons. The number of piperidine rings is 1. The predicted molar refractivity (Wildman–Crippen MR) is 173 cm³/mol. The number of carbonyl (C=O) groups excluding carboxylic acids is 4. The number of Topliss-reactive ketones (excluding diaryl/α,β-unsaturated/α-hetero) is 1. The molecule has 2 aliphatic carbocycles. The van der Waals surface area contributed by atoms with Gasteiger partial charge in [-0.2, -0.15) is 0 Å². The summed E-state index contributed by atoms with van der Waals surface area (Å²) in [5, 5.41) is 3.33. The lowest BCUT2D eigenvalue weighted by molar-refractivity contribution is -0.178. The fourth-order valence-corrected chi connectivity index (χ4v) is 9.53. The second-order valence-electron chi connectivity index (χ2n) is 11.2. The van der Waals surface area contributed by atoms with Crippen LogP contribution in [0.25, 0.3) is 0 Å². The fraction of sp³-hybridized carbons (Fsp3) is 0.467. The van der Waals surface area contributed by atoms with Gasteiger partial charge >= 0.3 is 17.9 Å². The second-order valence-corrected chi connectivity index (χ2v) is 14.7. The Morgan fingerprint density at radius 3 is 2.46 bits per heavy atom. The lowest BCUT2D eigenvalue weighted by atomic mass is 9.78. The van der Waals surface area contributed by atoms with Crippen LogP contribution in [0, 0.1) is 34.4 Å². The third-order valence-electron chi connectivity index (χ3n) is 8.94. The van der Waals surface area contributed by atoms with Gasteiger partial charge in [-0.3, -0.25) is 19.2 Å². The fourth-order valence-electron chi connectivity index (χ4n) is 7.07. The molecular weight excluding hydrogens is 867 g/mol. The molecule has 0 amide bonds. The van der Waals surface area contributed by atoms with E-state index in [2.05, 4.69) is 73.1 Å². The number of esters is 3. The molecule has 2 aromatic carbocycles. The molecule has 6 unspecified atom stereocenters. The van der Waals surface area contributed by atoms with E-state index < -0.39 is 47.6 Å². The van der Waals surface area contributed by atoms with Gasteiger partial charge in [0.1, 0.15) is 17.8 Å². The number of hydrogen-bond acceptors (Lipinski definition) is 8. The van der Waals surface area contributed by atoms with Gasteiger partial charge in [0.2, 0.25) is 0 Å². The van der Waals surface area contributed by atoms with Crippen molar-refractivity contribution in [3.05, 3.63) is 64.3 Å². The molecule has 2 aliphatic heterocycles. The van der Waals surface area contributed by atoms with E-state index in [0.29, 0.717) is 37.9 Å². The summed E-state index contributed by atoms with van der Waals surface area (Å²) in [6.07, 6.45) is 0.477. The molecule has 8 nitrogen and oxygen atoms in total. The molecule has 1 N–H and O–H groups in total. The largest absolute Gasteiger partial charge is 0.458 e. The summed E-state index contributed by atoms with van der Waals surface area (Å²) >= 11 is 6.52. The highest BCUT2D eigenvalue weighted by molar-refractivity contribution is 14.1. The summed E-state index contributed by atoms with van der Waals surface area (Å²) in [6, 6.07) is 13.6. The molecular formula is C30H28I3NO7. The standard InChI is InChI=1S/C30H28I3NO7/c31-16-12-17(25(33)20(32)13-16)21(35)6-7-22(36)39-26-19-14-18-23(28(37)40-27(18)26)24(19)29(38)41-30(8-10-34-11-9-30)15-4-2-1-3-5-15/h1-5,12-13,18-19,23-24,26-27,34H,6-11,14H2. The van der Waals surface area contributed by atoms with E-state index in [1.165, 1.54) is 0 Å². The van der Waals surface area contributed by atoms with E-state index in [4.69, 9.17) is 14.2 Å². The van der Waals surface area contributed by atoms with Crippen molar-refractivity contribution in [3.8, 4) is 0 Å². The summed E-state index contributed by atoms with van der Waals surface area (Å²) in [6.45, 7) is 1.43. The van der Waals surface area contributed by atoms with Crippen LogP contribution in [-0.2, 0) is 34.2 Å². The molecule has 216 valence electrons. The van der Waals surface area contributed by atoms with Gasteiger partial charge < -0.3 is 19.5 Å². The van der Waals surface area contributed by atoms with Crippen molar-refractivity contribution >= 4 is 91.5 Å². The number of rotatable bonds is 8. The minimum absolute atomic E-state index is 0.0119. The molecule has 0 spiro atoms. The number of halogens is 3. The van der Waals surface area contributed by atoms with Crippen LogP contribution in [0.1, 0.15) is 48.0 Å². The van der Waals surface area contributed by atoms with E-state index >= 15 is 0 Å². The number of carbonyl (C=O) groups is 4. The summed E-state index contributed by atoms with van der Waals surface area (Å²) in [5.41, 5.74) is 0.759. The average molecular weight is 895 g/mol. The van der Waals surface area contributed by atoms with Crippen molar-refractivity contribution in [2.45, 2.75) is 49.9 Å². The van der Waals surface area contributed by atoms with Crippen LogP contribution in [0.2, 0.25) is 0 Å². The Morgan fingerprint density at radius 1 is 1.00 bits per heavy atom. The first-order valence-electron chi connectivity index (χ1n) is 13.8. The summed E-state index contributed by atoms with van der Waals surface area (Å²) in [5.74, 6) is -3.34. The third kappa shape index (κ3) is 5.56. The van der Waals surface area contributed by atoms with Gasteiger partial charge in [0.25, 0.3) is 0 Å². The highest BCUT2D eigenvalue weighted by atomic mass is 127. The summed E-state index contributed by atoms with van der Waals surface area (Å²) in [4.78, 5) is 52.7. The van der Waals surface area contributed by atoms with Crippen LogP contribution in [0.15, 0.2) is 42.5 Å². The Labute approximate surface area is 278 Å². The van der Waals surface area contributed by atoms with E-state index in [-0.39, 0.29) is 30.5 Å². The first-order valence-corrected chi connectivity index (χ1v) is 17.0. The molecule has 2 bridgehead atoms. The molecule has 2 heterocycles. The van der Waals surface area contributed by atoms with E-state index in [1.54, 1.807) is 0 Å². The highest BCUT2D eigenvalue weighted by Gasteiger charge is 2.70. The van der Waals surface area contributed by atoms with E-state index in [9.17, 15) is 19.2 Å². The van der Waals surface area contributed by atoms with Crippen molar-refractivity contribution in [2.24, 2.45) is 23.7 Å². The van der Waals surface area contributed by atoms with Gasteiger partial charge in [0.15, 0.2) is 5.78 Å². The van der Waals surface area contributed by atoms with Gasteiger partial charge in [-0.1, -0.05) is 30.3 Å². The molecule has 6 atom stereocenters. The Hall–Kier alpha value is -1.33. The molecule has 0 aromatic heterocycles. The van der Waals surface area contributed by atoms with Crippen LogP contribution in [0.3, 0.4) is 0 Å². The van der Waals surface area contributed by atoms with Gasteiger partial charge in [-0.15, -0.1) is 0 Å². The normalized spacial score (nSPS) is 29.2. The Morgan fingerprint density at radius 2 is 1.73 bits per heavy atom. The number of benzene rings is 2. The van der Waals surface area contributed by atoms with Gasteiger partial charge in [0, 0.05) is 47.4 Å². The van der Waals surface area contributed by atoms with Crippen molar-refractivity contribution < 1.29 is 33.4 Å². The molecule has 6 rings (SSSR count). The maximum absolute atomic E-state index is 13.9. The number of ether oxygens (including phenoxy) is 3. The Bertz CT molecular complexity index is 1390. The zero-order valence-electron chi connectivity index (χ0n) is 21.9. The number of hydrogen-bond donors (Lipinski definition) is 1. The van der Waals surface area contributed by atoms with Crippen LogP contribution < -0.4 is 5.32 Å². The Kier molecular flexibility index (Phi) is 8.69. The quantitative estimate of drug-likeness (QED) is 0.130. The minimum Gasteiger partial charge on any atom is -0.458 e. The SMILES string of the molecule is O=C(CCC(=O)c1cc(I)cc(I)c1I)OC1C2CC3C1OC(=O)C3C2C(=O)OC1(c2ccccc2)CCNCC1. The van der Waals surface area contributed by atoms with Crippen molar-refractivity contribution in [1.29, 1.82) is 0 Å². The maximum atomic E-state index is 13.9. The molecule has 2 saturated heterocycles. The molecule has 2 saturated carbocycles. The molecule has 2 aromatic rings. The first-order chi connectivity index (χ1) is 19.7. The maximum Gasteiger partial charge on any atom is 0.311 e. The molecule has 41 heavy (non-hydrogen) atoms. The molecule has 11 heteroatoms. The average Bonchev–Trinajstić information content (AvgIpc) is 3.59. The summed E-state index contributed by atoms with van der Waals surface area (Å²) in [7, 11) is 0. The monoisotopic (exact) mass is 895 g/mol. The van der Waals surface area contributed by atoms with Crippen LogP contribution in [0.5, 0.6) is 0 Å². The Balaban J connectivity index is 1.16. The van der Waals surface area contributed by atoms with Crippen LogP contribution >= 0.6 is 67.8 Å². The van der Waals surface area contributed by atoms with Crippen LogP contribution in [-0.4, -0.2) is 49.0 Å². The molecule has 4 fully saturated rings. The predicted octanol–water partition coefficient (Wildman–Crippen LogP) is 5.00. The van der Waals surface area contributed by atoms with Gasteiger partial charge in [0.05, 0.1) is 18.3 Å².